The van der Waals surface area contributed by atoms with Crippen molar-refractivity contribution in [2.75, 3.05) is 5.43 Å². The molecule has 1 aliphatic carbocycles. The van der Waals surface area contributed by atoms with Gasteiger partial charge >= 0.3 is 0 Å². The minimum Gasteiger partial charge on any atom is -0.324 e. The molecule has 2 nitrogen and oxygen atoms in total. The number of fused-ring (bicyclic) bond motifs is 1. The summed E-state index contributed by atoms with van der Waals surface area (Å²) in [5.41, 5.74) is 6.62. The van der Waals surface area contributed by atoms with E-state index in [1.807, 2.05) is 6.07 Å². The first kappa shape index (κ1) is 9.36. The largest absolute Gasteiger partial charge is 0.324 e. The summed E-state index contributed by atoms with van der Waals surface area (Å²) in [4.78, 5) is 0. The lowest BCUT2D eigenvalue weighted by molar-refractivity contribution is 0.912. The highest BCUT2D eigenvalue weighted by Crippen LogP contribution is 2.24. The van der Waals surface area contributed by atoms with Crippen LogP contribution in [0.5, 0.6) is 0 Å². The lowest BCUT2D eigenvalue weighted by Crippen LogP contribution is -2.06. The van der Waals surface area contributed by atoms with Gasteiger partial charge < -0.3 is 5.43 Å². The fraction of sp³-hybridized carbons (Fsp3) is 0.333. The van der Waals surface area contributed by atoms with Crippen LogP contribution >= 0.6 is 12.4 Å². The van der Waals surface area contributed by atoms with Crippen LogP contribution in [0.1, 0.15) is 17.5 Å². The number of nitrogens with one attached hydrogen (secondary N) is 1. The molecule has 3 N–H and O–H groups in total. The Morgan fingerprint density at radius 3 is 2.67 bits per heavy atom. The van der Waals surface area contributed by atoms with Gasteiger partial charge in [0.1, 0.15) is 0 Å². The molecule has 0 amide bonds. The number of anilines is 1. The van der Waals surface area contributed by atoms with Crippen molar-refractivity contribution in [3.8, 4) is 0 Å². The summed E-state index contributed by atoms with van der Waals surface area (Å²) in [5, 5.41) is 0. The second kappa shape index (κ2) is 3.78. The topological polar surface area (TPSA) is 38.0 Å². The molecule has 0 bridgehead atoms. The van der Waals surface area contributed by atoms with Crippen LogP contribution in [0.25, 0.3) is 0 Å². The molecule has 1 aromatic carbocycles. The Morgan fingerprint density at radius 1 is 1.17 bits per heavy atom. The monoisotopic (exact) mass is 184 g/mol. The van der Waals surface area contributed by atoms with E-state index in [-0.39, 0.29) is 12.4 Å². The number of benzene rings is 1. The van der Waals surface area contributed by atoms with Crippen LogP contribution in [0.3, 0.4) is 0 Å². The fourth-order valence-electron chi connectivity index (χ4n) is 1.66. The van der Waals surface area contributed by atoms with Gasteiger partial charge in [-0.15, -0.1) is 12.4 Å². The zero-order valence-corrected chi connectivity index (χ0v) is 7.66. The Hall–Kier alpha value is -0.730. The van der Waals surface area contributed by atoms with E-state index >= 15 is 0 Å². The van der Waals surface area contributed by atoms with Crippen molar-refractivity contribution in [3.05, 3.63) is 29.3 Å². The highest BCUT2D eigenvalue weighted by molar-refractivity contribution is 5.85. The van der Waals surface area contributed by atoms with E-state index in [0.717, 1.165) is 5.69 Å². The summed E-state index contributed by atoms with van der Waals surface area (Å²) in [6.07, 6.45) is 3.74. The molecule has 2 rings (SSSR count). The molecular weight excluding hydrogens is 172 g/mol. The molecule has 1 aliphatic rings. The van der Waals surface area contributed by atoms with Gasteiger partial charge in [-0.2, -0.15) is 0 Å². The van der Waals surface area contributed by atoms with Crippen molar-refractivity contribution < 1.29 is 0 Å². The molecule has 0 spiro atoms. The highest BCUT2D eigenvalue weighted by Gasteiger charge is 2.09. The molecule has 0 saturated carbocycles. The molecule has 0 heterocycles. The van der Waals surface area contributed by atoms with E-state index in [1.54, 1.807) is 0 Å². The van der Waals surface area contributed by atoms with Crippen molar-refractivity contribution in [2.45, 2.75) is 19.3 Å². The molecule has 0 radical (unpaired) electrons. The summed E-state index contributed by atoms with van der Waals surface area (Å²) < 4.78 is 0. The standard InChI is InChI=1S/C9H12N2.ClH/c10-11-9-5-4-7-2-1-3-8(7)6-9;/h4-6,11H,1-3,10H2;1H. The highest BCUT2D eigenvalue weighted by atomic mass is 35.5. The maximum atomic E-state index is 5.29. The third-order valence-electron chi connectivity index (χ3n) is 2.27. The maximum Gasteiger partial charge on any atom is 0.0488 e. The summed E-state index contributed by atoms with van der Waals surface area (Å²) >= 11 is 0. The maximum absolute atomic E-state index is 5.29. The third-order valence-corrected chi connectivity index (χ3v) is 2.27. The van der Waals surface area contributed by atoms with Gasteiger partial charge in [0.2, 0.25) is 0 Å². The van der Waals surface area contributed by atoms with Crippen molar-refractivity contribution in [3.63, 3.8) is 0 Å². The van der Waals surface area contributed by atoms with Crippen molar-refractivity contribution in [1.82, 2.24) is 0 Å². The van der Waals surface area contributed by atoms with E-state index in [9.17, 15) is 0 Å². The van der Waals surface area contributed by atoms with Crippen LogP contribution in [0.2, 0.25) is 0 Å². The Morgan fingerprint density at radius 2 is 1.92 bits per heavy atom. The van der Waals surface area contributed by atoms with E-state index in [4.69, 9.17) is 5.84 Å². The van der Waals surface area contributed by atoms with Gasteiger partial charge in [-0.1, -0.05) is 6.07 Å². The molecule has 66 valence electrons. The molecule has 0 unspecified atom stereocenters. The van der Waals surface area contributed by atoms with Crippen LogP contribution in [0.4, 0.5) is 5.69 Å². The second-order valence-electron chi connectivity index (χ2n) is 2.98. The third kappa shape index (κ3) is 1.54. The van der Waals surface area contributed by atoms with E-state index in [2.05, 4.69) is 17.6 Å². The van der Waals surface area contributed by atoms with Crippen LogP contribution in [-0.4, -0.2) is 0 Å². The number of hydrogen-bond donors (Lipinski definition) is 2. The first-order valence-corrected chi connectivity index (χ1v) is 3.98. The molecule has 0 fully saturated rings. The Labute approximate surface area is 78.5 Å². The van der Waals surface area contributed by atoms with Gasteiger partial charge in [-0.25, -0.2) is 0 Å². The first-order chi connectivity index (χ1) is 5.40. The molecule has 0 saturated heterocycles. The normalized spacial score (nSPS) is 13.4. The molecule has 0 aliphatic heterocycles. The molecule has 1 aromatic rings. The van der Waals surface area contributed by atoms with Crippen molar-refractivity contribution >= 4 is 18.1 Å². The van der Waals surface area contributed by atoms with Gasteiger partial charge in [0.15, 0.2) is 0 Å². The second-order valence-corrected chi connectivity index (χ2v) is 2.98. The molecule has 0 aromatic heterocycles. The van der Waals surface area contributed by atoms with E-state index < -0.39 is 0 Å². The van der Waals surface area contributed by atoms with Crippen LogP contribution in [-0.2, 0) is 12.8 Å². The van der Waals surface area contributed by atoms with Crippen molar-refractivity contribution in [2.24, 2.45) is 5.84 Å². The van der Waals surface area contributed by atoms with E-state index in [0.29, 0.717) is 0 Å². The zero-order valence-electron chi connectivity index (χ0n) is 6.84. The number of nitrogens with two attached hydrogens (primary N) is 1. The van der Waals surface area contributed by atoms with Crippen LogP contribution < -0.4 is 11.3 Å². The zero-order chi connectivity index (χ0) is 7.68. The van der Waals surface area contributed by atoms with Gasteiger partial charge in [0.25, 0.3) is 0 Å². The lowest BCUT2D eigenvalue weighted by Gasteiger charge is -2.02. The summed E-state index contributed by atoms with van der Waals surface area (Å²) in [6.45, 7) is 0. The average molecular weight is 185 g/mol. The number of aryl methyl sites for hydroxylation is 2. The predicted octanol–water partition coefficient (Wildman–Crippen LogP) is 1.88. The molecule has 0 atom stereocenters. The molecule has 3 heteroatoms. The Kier molecular flexibility index (Phi) is 2.95. The van der Waals surface area contributed by atoms with Gasteiger partial charge in [0.05, 0.1) is 0 Å². The summed E-state index contributed by atoms with van der Waals surface area (Å²) in [7, 11) is 0. The Balaban J connectivity index is 0.000000720. The average Bonchev–Trinajstić information content (AvgIpc) is 2.50. The molecular formula is C9H13ClN2. The summed E-state index contributed by atoms with van der Waals surface area (Å²) in [5.74, 6) is 5.29. The van der Waals surface area contributed by atoms with Gasteiger partial charge in [-0.3, -0.25) is 5.84 Å². The SMILES string of the molecule is Cl.NNc1ccc2c(c1)CCC2. The lowest BCUT2D eigenvalue weighted by atomic mass is 10.1. The van der Waals surface area contributed by atoms with Crippen LogP contribution in [0, 0.1) is 0 Å². The van der Waals surface area contributed by atoms with E-state index in [1.165, 1.54) is 30.4 Å². The smallest absolute Gasteiger partial charge is 0.0488 e. The van der Waals surface area contributed by atoms with Gasteiger partial charge in [-0.05, 0) is 42.5 Å². The number of halogens is 1. The summed E-state index contributed by atoms with van der Waals surface area (Å²) in [6, 6.07) is 6.34. The number of hydrazine groups is 1. The van der Waals surface area contributed by atoms with Crippen LogP contribution in [0.15, 0.2) is 18.2 Å². The quantitative estimate of drug-likeness (QED) is 0.517. The number of nitrogen functional groups attached to an aromatic ring is 1. The van der Waals surface area contributed by atoms with Gasteiger partial charge in [0, 0.05) is 5.69 Å². The minimum absolute atomic E-state index is 0. The van der Waals surface area contributed by atoms with Crippen molar-refractivity contribution in [1.29, 1.82) is 0 Å². The number of rotatable bonds is 1. The first-order valence-electron chi connectivity index (χ1n) is 3.98. The fourth-order valence-corrected chi connectivity index (χ4v) is 1.66. The number of hydrogen-bond acceptors (Lipinski definition) is 2. The Bertz CT molecular complexity index is 273. The minimum atomic E-state index is 0. The molecule has 12 heavy (non-hydrogen) atoms. The predicted molar refractivity (Wildman–Crippen MR) is 53.5 cm³/mol.